The molecular formula is C16H24N2OS. The molecule has 0 aromatic carbocycles. The number of rotatable bonds is 4. The number of carbonyl (C=O) groups excluding carboxylic acids is 1. The van der Waals surface area contributed by atoms with Gasteiger partial charge >= 0.3 is 0 Å². The second-order valence-electron chi connectivity index (χ2n) is 6.39. The molecule has 1 saturated heterocycles. The maximum Gasteiger partial charge on any atom is 0.244 e. The summed E-state index contributed by atoms with van der Waals surface area (Å²) in [5.74, 6) is 0.959. The highest BCUT2D eigenvalue weighted by molar-refractivity contribution is 7.10. The highest BCUT2D eigenvalue weighted by Crippen LogP contribution is 2.41. The summed E-state index contributed by atoms with van der Waals surface area (Å²) in [6.45, 7) is 6.36. The van der Waals surface area contributed by atoms with Crippen molar-refractivity contribution in [1.29, 1.82) is 0 Å². The number of nitrogens with zero attached hydrogens (tertiary/aromatic N) is 1. The molecule has 1 saturated carbocycles. The van der Waals surface area contributed by atoms with Gasteiger partial charge in [-0.05, 0) is 50.5 Å². The molecule has 0 bridgehead atoms. The minimum absolute atomic E-state index is 0.0584. The van der Waals surface area contributed by atoms with E-state index in [1.54, 1.807) is 11.3 Å². The van der Waals surface area contributed by atoms with Crippen LogP contribution in [-0.4, -0.2) is 22.4 Å². The van der Waals surface area contributed by atoms with Gasteiger partial charge in [0.05, 0.1) is 5.54 Å². The highest BCUT2D eigenvalue weighted by Gasteiger charge is 2.50. The van der Waals surface area contributed by atoms with Gasteiger partial charge in [-0.2, -0.15) is 0 Å². The Morgan fingerprint density at radius 1 is 1.55 bits per heavy atom. The van der Waals surface area contributed by atoms with Crippen LogP contribution in [0.15, 0.2) is 17.5 Å². The largest absolute Gasteiger partial charge is 0.317 e. The summed E-state index contributed by atoms with van der Waals surface area (Å²) >= 11 is 1.74. The highest BCUT2D eigenvalue weighted by atomic mass is 32.1. The topological polar surface area (TPSA) is 32.3 Å². The Morgan fingerprint density at radius 2 is 2.30 bits per heavy atom. The fraction of sp³-hybridized carbons (Fsp3) is 0.688. The van der Waals surface area contributed by atoms with E-state index in [0.29, 0.717) is 12.0 Å². The summed E-state index contributed by atoms with van der Waals surface area (Å²) < 4.78 is 0. The average Bonchev–Trinajstić information content (AvgIpc) is 2.96. The van der Waals surface area contributed by atoms with E-state index in [2.05, 4.69) is 41.6 Å². The number of nitrogens with one attached hydrogen (secondary N) is 1. The number of thiophene rings is 1. The van der Waals surface area contributed by atoms with E-state index in [-0.39, 0.29) is 12.1 Å². The van der Waals surface area contributed by atoms with Gasteiger partial charge in [-0.25, -0.2) is 0 Å². The van der Waals surface area contributed by atoms with E-state index in [0.717, 1.165) is 6.42 Å². The molecule has 1 N–H and O–H groups in total. The quantitative estimate of drug-likeness (QED) is 0.920. The van der Waals surface area contributed by atoms with E-state index in [1.807, 2.05) is 6.92 Å². The lowest BCUT2D eigenvalue weighted by molar-refractivity contribution is -0.136. The fourth-order valence-electron chi connectivity index (χ4n) is 3.31. The van der Waals surface area contributed by atoms with Crippen LogP contribution in [0.1, 0.15) is 57.5 Å². The predicted molar refractivity (Wildman–Crippen MR) is 82.5 cm³/mol. The molecule has 1 amide bonds. The first-order valence-electron chi connectivity index (χ1n) is 7.70. The van der Waals surface area contributed by atoms with Gasteiger partial charge in [0.25, 0.3) is 0 Å². The van der Waals surface area contributed by atoms with Crippen molar-refractivity contribution in [2.45, 2.75) is 64.2 Å². The van der Waals surface area contributed by atoms with E-state index >= 15 is 0 Å². The predicted octanol–water partition coefficient (Wildman–Crippen LogP) is 3.54. The molecule has 110 valence electrons. The standard InChI is InChI=1S/C16H24N2OS/c1-4-16(3)15(19)18(11(2)12-7-5-8-12)14(17-16)13-9-6-10-20-13/h6,9-12,14,17H,4-5,7-8H2,1-3H3. The molecule has 2 fully saturated rings. The lowest BCUT2D eigenvalue weighted by atomic mass is 9.79. The molecule has 2 heterocycles. The van der Waals surface area contributed by atoms with Gasteiger partial charge in [-0.3, -0.25) is 10.1 Å². The smallest absolute Gasteiger partial charge is 0.244 e. The summed E-state index contributed by atoms with van der Waals surface area (Å²) in [5, 5.41) is 5.68. The molecular weight excluding hydrogens is 268 g/mol. The van der Waals surface area contributed by atoms with Crippen LogP contribution in [-0.2, 0) is 4.79 Å². The zero-order chi connectivity index (χ0) is 14.3. The molecule has 1 aromatic rings. The van der Waals surface area contributed by atoms with Gasteiger partial charge in [0, 0.05) is 10.9 Å². The monoisotopic (exact) mass is 292 g/mol. The van der Waals surface area contributed by atoms with Crippen LogP contribution in [0.4, 0.5) is 0 Å². The fourth-order valence-corrected chi connectivity index (χ4v) is 4.09. The van der Waals surface area contributed by atoms with Crippen molar-refractivity contribution in [3.63, 3.8) is 0 Å². The number of hydrogen-bond acceptors (Lipinski definition) is 3. The van der Waals surface area contributed by atoms with Crippen molar-refractivity contribution in [2.24, 2.45) is 5.92 Å². The van der Waals surface area contributed by atoms with Crippen molar-refractivity contribution in [3.8, 4) is 0 Å². The molecule has 0 radical (unpaired) electrons. The van der Waals surface area contributed by atoms with Crippen LogP contribution >= 0.6 is 11.3 Å². The van der Waals surface area contributed by atoms with Crippen molar-refractivity contribution < 1.29 is 4.79 Å². The maximum atomic E-state index is 12.9. The number of hydrogen-bond donors (Lipinski definition) is 1. The Kier molecular flexibility index (Phi) is 3.63. The molecule has 4 heteroatoms. The summed E-state index contributed by atoms with van der Waals surface area (Å²) in [6, 6.07) is 4.54. The van der Waals surface area contributed by atoms with Crippen molar-refractivity contribution in [2.75, 3.05) is 0 Å². The van der Waals surface area contributed by atoms with Crippen LogP contribution < -0.4 is 5.32 Å². The summed E-state index contributed by atoms with van der Waals surface area (Å²) in [6.07, 6.45) is 4.75. The van der Waals surface area contributed by atoms with Gasteiger partial charge in [0.15, 0.2) is 0 Å². The van der Waals surface area contributed by atoms with Gasteiger partial charge in [-0.1, -0.05) is 19.4 Å². The SMILES string of the molecule is CCC1(C)NC(c2cccs2)N(C(C)C2CCC2)C1=O. The second-order valence-corrected chi connectivity index (χ2v) is 7.37. The van der Waals surface area contributed by atoms with E-state index < -0.39 is 5.54 Å². The Hall–Kier alpha value is -0.870. The van der Waals surface area contributed by atoms with Crippen LogP contribution in [0.2, 0.25) is 0 Å². The van der Waals surface area contributed by atoms with Crippen molar-refractivity contribution >= 4 is 17.2 Å². The van der Waals surface area contributed by atoms with Crippen LogP contribution in [0.5, 0.6) is 0 Å². The third-order valence-electron chi connectivity index (χ3n) is 5.23. The first kappa shape index (κ1) is 14.1. The normalized spacial score (nSPS) is 32.5. The molecule has 3 unspecified atom stereocenters. The van der Waals surface area contributed by atoms with E-state index in [9.17, 15) is 4.79 Å². The van der Waals surface area contributed by atoms with Crippen LogP contribution in [0.3, 0.4) is 0 Å². The Bertz CT molecular complexity index is 483. The molecule has 3 rings (SSSR count). The maximum absolute atomic E-state index is 12.9. The summed E-state index contributed by atoms with van der Waals surface area (Å²) in [7, 11) is 0. The summed E-state index contributed by atoms with van der Waals surface area (Å²) in [4.78, 5) is 16.3. The molecule has 0 spiro atoms. The molecule has 3 nitrogen and oxygen atoms in total. The average molecular weight is 292 g/mol. The third-order valence-corrected chi connectivity index (χ3v) is 6.16. The van der Waals surface area contributed by atoms with Gasteiger partial charge in [0.2, 0.25) is 5.91 Å². The molecule has 20 heavy (non-hydrogen) atoms. The minimum atomic E-state index is -0.410. The molecule has 3 atom stereocenters. The van der Waals surface area contributed by atoms with Gasteiger partial charge in [-0.15, -0.1) is 11.3 Å². The molecule has 2 aliphatic rings. The lowest BCUT2D eigenvalue weighted by Gasteiger charge is -2.39. The van der Waals surface area contributed by atoms with E-state index in [4.69, 9.17) is 0 Å². The molecule has 1 aromatic heterocycles. The molecule has 1 aliphatic carbocycles. The minimum Gasteiger partial charge on any atom is -0.317 e. The number of amides is 1. The Balaban J connectivity index is 1.91. The first-order chi connectivity index (χ1) is 9.57. The first-order valence-corrected chi connectivity index (χ1v) is 8.58. The van der Waals surface area contributed by atoms with Crippen LogP contribution in [0, 0.1) is 5.92 Å². The number of carbonyl (C=O) groups is 1. The van der Waals surface area contributed by atoms with E-state index in [1.165, 1.54) is 24.1 Å². The second kappa shape index (κ2) is 5.15. The van der Waals surface area contributed by atoms with Crippen molar-refractivity contribution in [3.05, 3.63) is 22.4 Å². The zero-order valence-corrected chi connectivity index (χ0v) is 13.4. The van der Waals surface area contributed by atoms with Gasteiger partial charge < -0.3 is 4.90 Å². The van der Waals surface area contributed by atoms with Crippen LogP contribution in [0.25, 0.3) is 0 Å². The van der Waals surface area contributed by atoms with Crippen molar-refractivity contribution in [1.82, 2.24) is 10.2 Å². The zero-order valence-electron chi connectivity index (χ0n) is 12.6. The Morgan fingerprint density at radius 3 is 2.80 bits per heavy atom. The Labute approximate surface area is 125 Å². The third kappa shape index (κ3) is 2.09. The van der Waals surface area contributed by atoms with Gasteiger partial charge in [0.1, 0.15) is 6.17 Å². The summed E-state index contributed by atoms with van der Waals surface area (Å²) in [5.41, 5.74) is -0.410. The lowest BCUT2D eigenvalue weighted by Crippen LogP contribution is -2.47. The molecule has 1 aliphatic heterocycles.